The minimum atomic E-state index is 0.286. The summed E-state index contributed by atoms with van der Waals surface area (Å²) in [7, 11) is 0. The van der Waals surface area contributed by atoms with E-state index in [1.807, 2.05) is 18.7 Å². The van der Waals surface area contributed by atoms with Crippen LogP contribution in [0.25, 0.3) is 0 Å². The highest BCUT2D eigenvalue weighted by molar-refractivity contribution is 5.76. The Morgan fingerprint density at radius 1 is 1.44 bits per heavy atom. The van der Waals surface area contributed by atoms with Crippen LogP contribution in [0.15, 0.2) is 0 Å². The van der Waals surface area contributed by atoms with Crippen molar-refractivity contribution in [2.24, 2.45) is 5.73 Å². The fourth-order valence-electron chi connectivity index (χ4n) is 2.25. The molecule has 2 N–H and O–H groups in total. The molecular formula is C12H25N3O. The quantitative estimate of drug-likeness (QED) is 0.725. The summed E-state index contributed by atoms with van der Waals surface area (Å²) >= 11 is 0. The summed E-state index contributed by atoms with van der Waals surface area (Å²) in [6.07, 6.45) is 2.74. The molecule has 1 saturated heterocycles. The van der Waals surface area contributed by atoms with Crippen LogP contribution in [0.1, 0.15) is 33.1 Å². The number of carbonyl (C=O) groups is 1. The molecule has 1 heterocycles. The summed E-state index contributed by atoms with van der Waals surface area (Å²) in [5.74, 6) is 0.286. The summed E-state index contributed by atoms with van der Waals surface area (Å²) in [5, 5.41) is 0. The van der Waals surface area contributed by atoms with E-state index in [4.69, 9.17) is 5.73 Å². The molecule has 4 nitrogen and oxygen atoms in total. The van der Waals surface area contributed by atoms with E-state index in [1.54, 1.807) is 0 Å². The van der Waals surface area contributed by atoms with Crippen molar-refractivity contribution in [2.45, 2.75) is 39.2 Å². The van der Waals surface area contributed by atoms with E-state index in [2.05, 4.69) is 4.90 Å². The Kier molecular flexibility index (Phi) is 5.77. The molecule has 4 heteroatoms. The van der Waals surface area contributed by atoms with Crippen molar-refractivity contribution in [3.8, 4) is 0 Å². The van der Waals surface area contributed by atoms with Crippen molar-refractivity contribution in [1.82, 2.24) is 9.80 Å². The number of hydrogen-bond donors (Lipinski definition) is 1. The first-order valence-corrected chi connectivity index (χ1v) is 6.43. The third-order valence-corrected chi connectivity index (χ3v) is 3.29. The van der Waals surface area contributed by atoms with Gasteiger partial charge in [0.25, 0.3) is 0 Å². The SMILES string of the molecule is CCN(CC)C(=O)CCCN1CC[C@@H](N)C1. The summed E-state index contributed by atoms with van der Waals surface area (Å²) in [4.78, 5) is 16.0. The minimum absolute atomic E-state index is 0.286. The standard InChI is InChI=1S/C12H25N3O/c1-3-15(4-2)12(16)6-5-8-14-9-7-11(13)10-14/h11H,3-10,13H2,1-2H3/t11-/m1/s1. The first-order valence-electron chi connectivity index (χ1n) is 6.43. The number of amides is 1. The van der Waals surface area contributed by atoms with Gasteiger partial charge in [-0.25, -0.2) is 0 Å². The summed E-state index contributed by atoms with van der Waals surface area (Å²) in [6, 6.07) is 0.346. The zero-order valence-corrected chi connectivity index (χ0v) is 10.6. The van der Waals surface area contributed by atoms with Gasteiger partial charge in [-0.15, -0.1) is 0 Å². The molecule has 94 valence electrons. The van der Waals surface area contributed by atoms with Crippen molar-refractivity contribution in [1.29, 1.82) is 0 Å². The van der Waals surface area contributed by atoms with Gasteiger partial charge >= 0.3 is 0 Å². The van der Waals surface area contributed by atoms with Crippen LogP contribution in [0.2, 0.25) is 0 Å². The molecular weight excluding hydrogens is 202 g/mol. The van der Waals surface area contributed by atoms with E-state index in [-0.39, 0.29) is 5.91 Å². The smallest absolute Gasteiger partial charge is 0.222 e. The van der Waals surface area contributed by atoms with E-state index < -0.39 is 0 Å². The first-order chi connectivity index (χ1) is 7.67. The maximum absolute atomic E-state index is 11.7. The maximum atomic E-state index is 11.7. The Balaban J connectivity index is 2.12. The number of nitrogens with two attached hydrogens (primary N) is 1. The van der Waals surface area contributed by atoms with Gasteiger partial charge < -0.3 is 15.5 Å². The lowest BCUT2D eigenvalue weighted by Gasteiger charge is -2.20. The molecule has 0 aromatic heterocycles. The second-order valence-corrected chi connectivity index (χ2v) is 4.52. The van der Waals surface area contributed by atoms with Gasteiger partial charge in [0.05, 0.1) is 0 Å². The monoisotopic (exact) mass is 227 g/mol. The van der Waals surface area contributed by atoms with Crippen LogP contribution >= 0.6 is 0 Å². The van der Waals surface area contributed by atoms with Gasteiger partial charge in [0.1, 0.15) is 0 Å². The first kappa shape index (κ1) is 13.5. The van der Waals surface area contributed by atoms with E-state index >= 15 is 0 Å². The topological polar surface area (TPSA) is 49.6 Å². The molecule has 1 atom stereocenters. The lowest BCUT2D eigenvalue weighted by atomic mass is 10.2. The zero-order chi connectivity index (χ0) is 12.0. The van der Waals surface area contributed by atoms with Gasteiger partial charge in [-0.2, -0.15) is 0 Å². The fraction of sp³-hybridized carbons (Fsp3) is 0.917. The van der Waals surface area contributed by atoms with Crippen molar-refractivity contribution in [3.63, 3.8) is 0 Å². The summed E-state index contributed by atoms with van der Waals surface area (Å²) in [6.45, 7) is 8.82. The summed E-state index contributed by atoms with van der Waals surface area (Å²) < 4.78 is 0. The minimum Gasteiger partial charge on any atom is -0.343 e. The number of hydrogen-bond acceptors (Lipinski definition) is 3. The van der Waals surface area contributed by atoms with Crippen LogP contribution in [0, 0.1) is 0 Å². The van der Waals surface area contributed by atoms with Crippen molar-refractivity contribution >= 4 is 5.91 Å². The molecule has 0 radical (unpaired) electrons. The lowest BCUT2D eigenvalue weighted by molar-refractivity contribution is -0.130. The predicted octanol–water partition coefficient (Wildman–Crippen LogP) is 0.668. The molecule has 0 unspecified atom stereocenters. The van der Waals surface area contributed by atoms with Crippen LogP contribution in [0.5, 0.6) is 0 Å². The third-order valence-electron chi connectivity index (χ3n) is 3.29. The van der Waals surface area contributed by atoms with Gasteiger partial charge in [-0.3, -0.25) is 4.79 Å². The van der Waals surface area contributed by atoms with E-state index in [0.717, 1.165) is 45.6 Å². The molecule has 0 saturated carbocycles. The van der Waals surface area contributed by atoms with Crippen molar-refractivity contribution in [2.75, 3.05) is 32.7 Å². The molecule has 16 heavy (non-hydrogen) atoms. The molecule has 0 bridgehead atoms. The normalized spacial score (nSPS) is 21.3. The second-order valence-electron chi connectivity index (χ2n) is 4.52. The highest BCUT2D eigenvalue weighted by Crippen LogP contribution is 2.08. The second kappa shape index (κ2) is 6.86. The van der Waals surface area contributed by atoms with Gasteiger partial charge in [0, 0.05) is 32.1 Å². The Bertz CT molecular complexity index is 216. The molecule has 1 rings (SSSR count). The molecule has 1 fully saturated rings. The van der Waals surface area contributed by atoms with Crippen LogP contribution in [-0.4, -0.2) is 54.5 Å². The summed E-state index contributed by atoms with van der Waals surface area (Å²) in [5.41, 5.74) is 5.83. The molecule has 0 spiro atoms. The van der Waals surface area contributed by atoms with E-state index in [1.165, 1.54) is 0 Å². The Morgan fingerprint density at radius 3 is 2.62 bits per heavy atom. The number of carbonyl (C=O) groups excluding carboxylic acids is 1. The van der Waals surface area contributed by atoms with Crippen molar-refractivity contribution < 1.29 is 4.79 Å². The molecule has 1 aliphatic rings. The number of rotatable bonds is 6. The van der Waals surface area contributed by atoms with Gasteiger partial charge in [0.2, 0.25) is 5.91 Å². The van der Waals surface area contributed by atoms with Crippen LogP contribution in [0.3, 0.4) is 0 Å². The molecule has 0 aliphatic carbocycles. The predicted molar refractivity (Wildman–Crippen MR) is 66.2 cm³/mol. The average molecular weight is 227 g/mol. The number of likely N-dealkylation sites (tertiary alicyclic amines) is 1. The molecule has 1 amide bonds. The third kappa shape index (κ3) is 4.10. The van der Waals surface area contributed by atoms with Gasteiger partial charge in [0.15, 0.2) is 0 Å². The fourth-order valence-corrected chi connectivity index (χ4v) is 2.25. The Labute approximate surface area is 98.8 Å². The van der Waals surface area contributed by atoms with Crippen LogP contribution in [0.4, 0.5) is 0 Å². The van der Waals surface area contributed by atoms with Gasteiger partial charge in [-0.05, 0) is 39.8 Å². The molecule has 1 aliphatic heterocycles. The van der Waals surface area contributed by atoms with E-state index in [0.29, 0.717) is 12.5 Å². The van der Waals surface area contributed by atoms with Crippen molar-refractivity contribution in [3.05, 3.63) is 0 Å². The average Bonchev–Trinajstić information content (AvgIpc) is 2.66. The van der Waals surface area contributed by atoms with E-state index in [9.17, 15) is 4.79 Å². The zero-order valence-electron chi connectivity index (χ0n) is 10.6. The Hall–Kier alpha value is -0.610. The Morgan fingerprint density at radius 2 is 2.12 bits per heavy atom. The van der Waals surface area contributed by atoms with Crippen LogP contribution in [-0.2, 0) is 4.79 Å². The highest BCUT2D eigenvalue weighted by atomic mass is 16.2. The lowest BCUT2D eigenvalue weighted by Crippen LogP contribution is -2.32. The molecule has 0 aromatic carbocycles. The largest absolute Gasteiger partial charge is 0.343 e. The van der Waals surface area contributed by atoms with Crippen LogP contribution < -0.4 is 5.73 Å². The van der Waals surface area contributed by atoms with Gasteiger partial charge in [-0.1, -0.05) is 0 Å². The highest BCUT2D eigenvalue weighted by Gasteiger charge is 2.18. The molecule has 0 aromatic rings. The number of nitrogens with zero attached hydrogens (tertiary/aromatic N) is 2. The maximum Gasteiger partial charge on any atom is 0.222 e.